The summed E-state index contributed by atoms with van der Waals surface area (Å²) in [6.07, 6.45) is 4.92. The second-order valence-electron chi connectivity index (χ2n) is 3.77. The topological polar surface area (TPSA) is 63.8 Å². The van der Waals surface area contributed by atoms with Crippen LogP contribution < -0.4 is 11.1 Å². The zero-order valence-electron chi connectivity index (χ0n) is 9.75. The molecule has 0 aliphatic carbocycles. The first-order valence-electron chi connectivity index (χ1n) is 5.52. The first kappa shape index (κ1) is 11.8. The smallest absolute Gasteiger partial charge is 0.134 e. The van der Waals surface area contributed by atoms with Crippen molar-refractivity contribution in [1.29, 1.82) is 0 Å². The van der Waals surface area contributed by atoms with Gasteiger partial charge in [-0.1, -0.05) is 20.3 Å². The average molecular weight is 208 g/mol. The molecule has 0 aliphatic rings. The highest BCUT2D eigenvalue weighted by molar-refractivity contribution is 5.54. The molecule has 0 amide bonds. The van der Waals surface area contributed by atoms with Crippen LogP contribution in [0.15, 0.2) is 6.33 Å². The second kappa shape index (κ2) is 5.53. The van der Waals surface area contributed by atoms with Gasteiger partial charge >= 0.3 is 0 Å². The number of nitrogen functional groups attached to an aromatic ring is 1. The van der Waals surface area contributed by atoms with Gasteiger partial charge in [0.15, 0.2) is 0 Å². The summed E-state index contributed by atoms with van der Waals surface area (Å²) in [7, 11) is 0. The first-order chi connectivity index (χ1) is 7.19. The third kappa shape index (κ3) is 3.08. The van der Waals surface area contributed by atoms with E-state index in [1.165, 1.54) is 12.7 Å². The normalized spacial score (nSPS) is 12.5. The van der Waals surface area contributed by atoms with Crippen LogP contribution in [0.4, 0.5) is 11.6 Å². The van der Waals surface area contributed by atoms with Gasteiger partial charge in [0.05, 0.1) is 0 Å². The molecule has 1 unspecified atom stereocenters. The third-order valence-electron chi connectivity index (χ3n) is 2.59. The molecule has 1 rings (SSSR count). The van der Waals surface area contributed by atoms with Crippen molar-refractivity contribution in [1.82, 2.24) is 9.97 Å². The number of nitrogens with one attached hydrogen (secondary N) is 1. The molecule has 0 fully saturated rings. The predicted molar refractivity (Wildman–Crippen MR) is 63.8 cm³/mol. The molecule has 0 bridgehead atoms. The Hall–Kier alpha value is -1.32. The molecule has 0 aliphatic heterocycles. The zero-order valence-corrected chi connectivity index (χ0v) is 9.75. The molecule has 3 N–H and O–H groups in total. The van der Waals surface area contributed by atoms with Gasteiger partial charge in [-0.25, -0.2) is 9.97 Å². The molecule has 0 radical (unpaired) electrons. The van der Waals surface area contributed by atoms with Crippen molar-refractivity contribution in [2.24, 2.45) is 0 Å². The summed E-state index contributed by atoms with van der Waals surface area (Å²) in [5.41, 5.74) is 6.66. The van der Waals surface area contributed by atoms with Gasteiger partial charge in [-0.05, 0) is 19.8 Å². The van der Waals surface area contributed by atoms with Crippen LogP contribution in [0.25, 0.3) is 0 Å². The van der Waals surface area contributed by atoms with Crippen LogP contribution in [0.3, 0.4) is 0 Å². The second-order valence-corrected chi connectivity index (χ2v) is 3.77. The summed E-state index contributed by atoms with van der Waals surface area (Å²) in [4.78, 5) is 8.15. The number of hydrogen-bond donors (Lipinski definition) is 2. The van der Waals surface area contributed by atoms with E-state index in [1.54, 1.807) is 0 Å². The van der Waals surface area contributed by atoms with Crippen LogP contribution in [0.5, 0.6) is 0 Å². The highest BCUT2D eigenvalue weighted by atomic mass is 15.1. The van der Waals surface area contributed by atoms with Crippen molar-refractivity contribution < 1.29 is 0 Å². The lowest BCUT2D eigenvalue weighted by Gasteiger charge is -2.18. The van der Waals surface area contributed by atoms with E-state index in [0.29, 0.717) is 11.9 Å². The minimum Gasteiger partial charge on any atom is -0.383 e. The van der Waals surface area contributed by atoms with Crippen LogP contribution >= 0.6 is 0 Å². The molecule has 4 nitrogen and oxygen atoms in total. The summed E-state index contributed by atoms with van der Waals surface area (Å²) in [5.74, 6) is 1.42. The van der Waals surface area contributed by atoms with E-state index in [9.17, 15) is 0 Å². The fourth-order valence-corrected chi connectivity index (χ4v) is 1.53. The standard InChI is InChI=1S/C11H20N4/c1-4-6-9(5-2)15-11-8(3)10(12)13-7-14-11/h7,9H,4-6H2,1-3H3,(H3,12,13,14,15). The zero-order chi connectivity index (χ0) is 11.3. The predicted octanol–water partition coefficient (Wildman–Crippen LogP) is 2.36. The van der Waals surface area contributed by atoms with Crippen molar-refractivity contribution in [3.05, 3.63) is 11.9 Å². The average Bonchev–Trinajstić information content (AvgIpc) is 2.24. The van der Waals surface area contributed by atoms with Gasteiger partial charge in [-0.2, -0.15) is 0 Å². The highest BCUT2D eigenvalue weighted by Crippen LogP contribution is 2.17. The molecular formula is C11H20N4. The number of aromatic nitrogens is 2. The van der Waals surface area contributed by atoms with Gasteiger partial charge in [-0.3, -0.25) is 0 Å². The summed E-state index contributed by atoms with van der Waals surface area (Å²) in [5, 5.41) is 3.41. The molecule has 4 heteroatoms. The number of hydrogen-bond acceptors (Lipinski definition) is 4. The Morgan fingerprint density at radius 1 is 1.40 bits per heavy atom. The van der Waals surface area contributed by atoms with E-state index in [0.717, 1.165) is 24.2 Å². The maximum Gasteiger partial charge on any atom is 0.134 e. The Kier molecular flexibility index (Phi) is 4.34. The van der Waals surface area contributed by atoms with E-state index in [2.05, 4.69) is 29.1 Å². The molecule has 1 atom stereocenters. The van der Waals surface area contributed by atoms with Gasteiger partial charge in [0.2, 0.25) is 0 Å². The van der Waals surface area contributed by atoms with Gasteiger partial charge in [-0.15, -0.1) is 0 Å². The summed E-state index contributed by atoms with van der Waals surface area (Å²) >= 11 is 0. The molecule has 0 saturated carbocycles. The molecule has 15 heavy (non-hydrogen) atoms. The Bertz CT molecular complexity index is 311. The quantitative estimate of drug-likeness (QED) is 0.779. The van der Waals surface area contributed by atoms with Gasteiger partial charge in [0.1, 0.15) is 18.0 Å². The molecular weight excluding hydrogens is 188 g/mol. The summed E-state index contributed by atoms with van der Waals surface area (Å²) in [6.45, 7) is 6.30. The molecule has 84 valence electrons. The highest BCUT2D eigenvalue weighted by Gasteiger charge is 2.09. The fraction of sp³-hybridized carbons (Fsp3) is 0.636. The molecule has 1 aromatic heterocycles. The lowest BCUT2D eigenvalue weighted by molar-refractivity contribution is 0.620. The van der Waals surface area contributed by atoms with E-state index in [4.69, 9.17) is 5.73 Å². The van der Waals surface area contributed by atoms with E-state index in [1.807, 2.05) is 6.92 Å². The van der Waals surface area contributed by atoms with Crippen molar-refractivity contribution in [2.45, 2.75) is 46.1 Å². The van der Waals surface area contributed by atoms with Crippen molar-refractivity contribution in [2.75, 3.05) is 11.1 Å². The first-order valence-corrected chi connectivity index (χ1v) is 5.52. The molecule has 1 heterocycles. The van der Waals surface area contributed by atoms with Crippen molar-refractivity contribution in [3.8, 4) is 0 Å². The molecule has 0 aromatic carbocycles. The van der Waals surface area contributed by atoms with E-state index < -0.39 is 0 Å². The van der Waals surface area contributed by atoms with E-state index >= 15 is 0 Å². The van der Waals surface area contributed by atoms with Crippen molar-refractivity contribution in [3.63, 3.8) is 0 Å². The van der Waals surface area contributed by atoms with Gasteiger partial charge < -0.3 is 11.1 Å². The number of rotatable bonds is 5. The SMILES string of the molecule is CCCC(CC)Nc1ncnc(N)c1C. The Balaban J connectivity index is 2.74. The Morgan fingerprint density at radius 2 is 2.13 bits per heavy atom. The van der Waals surface area contributed by atoms with Crippen LogP contribution in [-0.2, 0) is 0 Å². The molecule has 1 aromatic rings. The van der Waals surface area contributed by atoms with Crippen molar-refractivity contribution >= 4 is 11.6 Å². The van der Waals surface area contributed by atoms with Crippen LogP contribution in [0.1, 0.15) is 38.7 Å². The molecule has 0 saturated heterocycles. The Morgan fingerprint density at radius 3 is 2.73 bits per heavy atom. The minimum absolute atomic E-state index is 0.475. The van der Waals surface area contributed by atoms with Crippen LogP contribution in [-0.4, -0.2) is 16.0 Å². The van der Waals surface area contributed by atoms with Gasteiger partial charge in [0, 0.05) is 11.6 Å². The maximum absolute atomic E-state index is 5.72. The number of anilines is 2. The lowest BCUT2D eigenvalue weighted by Crippen LogP contribution is -2.20. The number of nitrogens with two attached hydrogens (primary N) is 1. The largest absolute Gasteiger partial charge is 0.383 e. The van der Waals surface area contributed by atoms with E-state index in [-0.39, 0.29) is 0 Å². The summed E-state index contributed by atoms with van der Waals surface area (Å²) < 4.78 is 0. The monoisotopic (exact) mass is 208 g/mol. The minimum atomic E-state index is 0.475. The fourth-order valence-electron chi connectivity index (χ4n) is 1.53. The van der Waals surface area contributed by atoms with Crippen LogP contribution in [0.2, 0.25) is 0 Å². The summed E-state index contributed by atoms with van der Waals surface area (Å²) in [6, 6.07) is 0.475. The molecule has 0 spiro atoms. The Labute approximate surface area is 91.3 Å². The van der Waals surface area contributed by atoms with Gasteiger partial charge in [0.25, 0.3) is 0 Å². The maximum atomic E-state index is 5.72. The number of nitrogens with zero attached hydrogens (tertiary/aromatic N) is 2. The third-order valence-corrected chi connectivity index (χ3v) is 2.59. The lowest BCUT2D eigenvalue weighted by atomic mass is 10.1. The van der Waals surface area contributed by atoms with Crippen LogP contribution in [0, 0.1) is 6.92 Å².